The number of carboxylic acid groups (broad SMARTS) is 1. The summed E-state index contributed by atoms with van der Waals surface area (Å²) >= 11 is 0. The molecule has 0 saturated heterocycles. The van der Waals surface area contributed by atoms with Crippen LogP contribution in [0.4, 0.5) is 0 Å². The highest BCUT2D eigenvalue weighted by molar-refractivity contribution is 5.78. The minimum Gasteiger partial charge on any atom is -0.484 e. The van der Waals surface area contributed by atoms with Gasteiger partial charge in [-0.15, -0.1) is 0 Å². The second kappa shape index (κ2) is 8.29. The Balaban J connectivity index is 2.56. The first kappa shape index (κ1) is 17.0. The van der Waals surface area contributed by atoms with Crippen LogP contribution in [0.2, 0.25) is 0 Å². The molecule has 1 amide bonds. The standard InChI is InChI=1S/C16H23NO4/c1-4-9-17(10-13(3)16(19)20)15(18)11-21-14-7-5-12(2)6-8-14/h5-8,13H,4,9-11H2,1-3H3,(H,19,20). The number of carbonyl (C=O) groups excluding carboxylic acids is 1. The fourth-order valence-electron chi connectivity index (χ4n) is 1.87. The molecular weight excluding hydrogens is 270 g/mol. The van der Waals surface area contributed by atoms with Gasteiger partial charge in [-0.1, -0.05) is 31.5 Å². The van der Waals surface area contributed by atoms with E-state index in [0.29, 0.717) is 12.3 Å². The summed E-state index contributed by atoms with van der Waals surface area (Å²) in [6.07, 6.45) is 0.780. The number of aliphatic carboxylic acids is 1. The molecule has 0 aliphatic carbocycles. The molecule has 1 unspecified atom stereocenters. The molecule has 0 radical (unpaired) electrons. The Hall–Kier alpha value is -2.04. The Kier molecular flexibility index (Phi) is 6.72. The van der Waals surface area contributed by atoms with Crippen LogP contribution in [0.3, 0.4) is 0 Å². The van der Waals surface area contributed by atoms with Crippen LogP contribution in [0, 0.1) is 12.8 Å². The number of rotatable bonds is 8. The summed E-state index contributed by atoms with van der Waals surface area (Å²) < 4.78 is 5.45. The van der Waals surface area contributed by atoms with Gasteiger partial charge >= 0.3 is 5.97 Å². The molecule has 0 heterocycles. The van der Waals surface area contributed by atoms with Crippen LogP contribution in [0.1, 0.15) is 25.8 Å². The lowest BCUT2D eigenvalue weighted by molar-refractivity contribution is -0.143. The van der Waals surface area contributed by atoms with Gasteiger partial charge in [0.15, 0.2) is 6.61 Å². The summed E-state index contributed by atoms with van der Waals surface area (Å²) in [6.45, 7) is 6.19. The topological polar surface area (TPSA) is 66.8 Å². The van der Waals surface area contributed by atoms with Crippen LogP contribution in [-0.4, -0.2) is 41.6 Å². The fourth-order valence-corrected chi connectivity index (χ4v) is 1.87. The van der Waals surface area contributed by atoms with E-state index >= 15 is 0 Å². The molecule has 0 aliphatic rings. The van der Waals surface area contributed by atoms with Crippen LogP contribution in [0.15, 0.2) is 24.3 Å². The van der Waals surface area contributed by atoms with Gasteiger partial charge in [0.05, 0.1) is 5.92 Å². The molecule has 0 aromatic heterocycles. The fraction of sp³-hybridized carbons (Fsp3) is 0.500. The summed E-state index contributed by atoms with van der Waals surface area (Å²) in [5, 5.41) is 8.95. The molecular formula is C16H23NO4. The van der Waals surface area contributed by atoms with E-state index in [-0.39, 0.29) is 19.1 Å². The maximum atomic E-state index is 12.1. The van der Waals surface area contributed by atoms with Crippen LogP contribution >= 0.6 is 0 Å². The number of hydrogen-bond acceptors (Lipinski definition) is 3. The molecule has 21 heavy (non-hydrogen) atoms. The minimum atomic E-state index is -0.900. The van der Waals surface area contributed by atoms with Gasteiger partial charge in [-0.3, -0.25) is 9.59 Å². The summed E-state index contributed by atoms with van der Waals surface area (Å²) in [5.41, 5.74) is 1.12. The smallest absolute Gasteiger partial charge is 0.308 e. The van der Waals surface area contributed by atoms with E-state index < -0.39 is 11.9 Å². The maximum Gasteiger partial charge on any atom is 0.308 e. The van der Waals surface area contributed by atoms with Gasteiger partial charge in [0.25, 0.3) is 5.91 Å². The number of carboxylic acids is 1. The molecule has 5 heteroatoms. The highest BCUT2D eigenvalue weighted by Gasteiger charge is 2.20. The number of carbonyl (C=O) groups is 2. The van der Waals surface area contributed by atoms with Gasteiger partial charge in [0, 0.05) is 13.1 Å². The molecule has 1 rings (SSSR count). The van der Waals surface area contributed by atoms with Crippen molar-refractivity contribution in [3.05, 3.63) is 29.8 Å². The van der Waals surface area contributed by atoms with Gasteiger partial charge < -0.3 is 14.7 Å². The molecule has 1 aromatic carbocycles. The van der Waals surface area contributed by atoms with E-state index in [4.69, 9.17) is 9.84 Å². The van der Waals surface area contributed by atoms with Gasteiger partial charge in [0.2, 0.25) is 0 Å². The lowest BCUT2D eigenvalue weighted by Crippen LogP contribution is -2.40. The van der Waals surface area contributed by atoms with Crippen molar-refractivity contribution < 1.29 is 19.4 Å². The van der Waals surface area contributed by atoms with Gasteiger partial charge in [-0.05, 0) is 25.5 Å². The molecule has 0 aliphatic heterocycles. The normalized spacial score (nSPS) is 11.8. The second-order valence-corrected chi connectivity index (χ2v) is 5.18. The van der Waals surface area contributed by atoms with Crippen molar-refractivity contribution in [2.24, 2.45) is 5.92 Å². The first-order valence-corrected chi connectivity index (χ1v) is 7.14. The van der Waals surface area contributed by atoms with E-state index in [0.717, 1.165) is 12.0 Å². The van der Waals surface area contributed by atoms with Crippen molar-refractivity contribution >= 4 is 11.9 Å². The van der Waals surface area contributed by atoms with E-state index in [9.17, 15) is 9.59 Å². The molecule has 1 atom stereocenters. The zero-order chi connectivity index (χ0) is 15.8. The molecule has 0 fully saturated rings. The molecule has 0 spiro atoms. The van der Waals surface area contributed by atoms with E-state index in [1.165, 1.54) is 0 Å². The Labute approximate surface area is 125 Å². The predicted octanol–water partition coefficient (Wildman–Crippen LogP) is 2.33. The SMILES string of the molecule is CCCN(CC(C)C(=O)O)C(=O)COc1ccc(C)cc1. The zero-order valence-electron chi connectivity index (χ0n) is 12.8. The first-order chi connectivity index (χ1) is 9.93. The van der Waals surface area contributed by atoms with Crippen molar-refractivity contribution in [2.45, 2.75) is 27.2 Å². The third-order valence-corrected chi connectivity index (χ3v) is 3.15. The third kappa shape index (κ3) is 5.85. The second-order valence-electron chi connectivity index (χ2n) is 5.18. The monoisotopic (exact) mass is 293 g/mol. The van der Waals surface area contributed by atoms with E-state index in [1.54, 1.807) is 11.8 Å². The van der Waals surface area contributed by atoms with Crippen LogP contribution < -0.4 is 4.74 Å². The lowest BCUT2D eigenvalue weighted by Gasteiger charge is -2.24. The van der Waals surface area contributed by atoms with Crippen molar-refractivity contribution in [3.8, 4) is 5.75 Å². The van der Waals surface area contributed by atoms with E-state index in [2.05, 4.69) is 0 Å². The van der Waals surface area contributed by atoms with Crippen LogP contribution in [0.25, 0.3) is 0 Å². The lowest BCUT2D eigenvalue weighted by atomic mass is 10.1. The van der Waals surface area contributed by atoms with Gasteiger partial charge in [-0.2, -0.15) is 0 Å². The average Bonchev–Trinajstić information content (AvgIpc) is 2.45. The molecule has 1 N–H and O–H groups in total. The summed E-state index contributed by atoms with van der Waals surface area (Å²) in [4.78, 5) is 24.6. The summed E-state index contributed by atoms with van der Waals surface area (Å²) in [6, 6.07) is 7.45. The Morgan fingerprint density at radius 1 is 1.29 bits per heavy atom. The number of amides is 1. The molecule has 1 aromatic rings. The van der Waals surface area contributed by atoms with Gasteiger partial charge in [-0.25, -0.2) is 0 Å². The Morgan fingerprint density at radius 3 is 2.43 bits per heavy atom. The summed E-state index contributed by atoms with van der Waals surface area (Å²) in [7, 11) is 0. The number of benzene rings is 1. The van der Waals surface area contributed by atoms with E-state index in [1.807, 2.05) is 38.1 Å². The molecule has 0 saturated carbocycles. The number of aryl methyl sites for hydroxylation is 1. The predicted molar refractivity (Wildman–Crippen MR) is 80.3 cm³/mol. The minimum absolute atomic E-state index is 0.0740. The molecule has 0 bridgehead atoms. The van der Waals surface area contributed by atoms with Crippen molar-refractivity contribution in [1.82, 2.24) is 4.90 Å². The summed E-state index contributed by atoms with van der Waals surface area (Å²) in [5.74, 6) is -1.04. The van der Waals surface area contributed by atoms with Gasteiger partial charge in [0.1, 0.15) is 5.75 Å². The van der Waals surface area contributed by atoms with Crippen molar-refractivity contribution in [2.75, 3.05) is 19.7 Å². The Bertz CT molecular complexity index is 470. The number of hydrogen-bond donors (Lipinski definition) is 1. The maximum absolute atomic E-state index is 12.1. The van der Waals surface area contributed by atoms with Crippen molar-refractivity contribution in [1.29, 1.82) is 0 Å². The largest absolute Gasteiger partial charge is 0.484 e. The first-order valence-electron chi connectivity index (χ1n) is 7.14. The zero-order valence-corrected chi connectivity index (χ0v) is 12.8. The Morgan fingerprint density at radius 2 is 1.90 bits per heavy atom. The van der Waals surface area contributed by atoms with Crippen LogP contribution in [-0.2, 0) is 9.59 Å². The molecule has 5 nitrogen and oxygen atoms in total. The van der Waals surface area contributed by atoms with Crippen molar-refractivity contribution in [3.63, 3.8) is 0 Å². The highest BCUT2D eigenvalue weighted by Crippen LogP contribution is 2.12. The quantitative estimate of drug-likeness (QED) is 0.799. The van der Waals surface area contributed by atoms with Crippen LogP contribution in [0.5, 0.6) is 5.75 Å². The average molecular weight is 293 g/mol. The number of nitrogens with zero attached hydrogens (tertiary/aromatic N) is 1. The third-order valence-electron chi connectivity index (χ3n) is 3.15. The molecule has 116 valence electrons. The highest BCUT2D eigenvalue weighted by atomic mass is 16.5. The number of ether oxygens (including phenoxy) is 1.